The monoisotopic (exact) mass is 195 g/mol. The molecule has 1 nitrogen and oxygen atoms in total. The first-order valence-electron chi connectivity index (χ1n) is 4.92. The van der Waals surface area contributed by atoms with Crippen LogP contribution in [0.4, 0.5) is 10.1 Å². The number of para-hydroxylation sites is 1. The van der Waals surface area contributed by atoms with Gasteiger partial charge in [0.25, 0.3) is 0 Å². The molecule has 78 valence electrons. The van der Waals surface area contributed by atoms with Crippen LogP contribution in [0.5, 0.6) is 0 Å². The molecule has 0 amide bonds. The molecule has 0 aliphatic heterocycles. The molecule has 1 atom stereocenters. The Bertz CT molecular complexity index is 301. The van der Waals surface area contributed by atoms with E-state index in [4.69, 9.17) is 0 Å². The van der Waals surface area contributed by atoms with E-state index in [2.05, 4.69) is 33.0 Å². The molecule has 1 rings (SSSR count). The molecule has 14 heavy (non-hydrogen) atoms. The minimum Gasteiger partial charge on any atom is -0.380 e. The van der Waals surface area contributed by atoms with Crippen LogP contribution in [0.1, 0.15) is 27.7 Å². The minimum absolute atomic E-state index is 0.127. The van der Waals surface area contributed by atoms with Crippen LogP contribution in [0.15, 0.2) is 24.3 Å². The summed E-state index contributed by atoms with van der Waals surface area (Å²) in [5.41, 5.74) is 0.706. The van der Waals surface area contributed by atoms with Crippen molar-refractivity contribution in [1.29, 1.82) is 0 Å². The molecular formula is C12H18FN. The molecule has 0 aliphatic rings. The van der Waals surface area contributed by atoms with Gasteiger partial charge >= 0.3 is 0 Å². The second kappa shape index (κ2) is 3.99. The number of hydrogen-bond acceptors (Lipinski definition) is 1. The van der Waals surface area contributed by atoms with Crippen molar-refractivity contribution >= 4 is 5.69 Å². The molecule has 0 radical (unpaired) electrons. The molecule has 0 saturated carbocycles. The lowest BCUT2D eigenvalue weighted by molar-refractivity contribution is 0.358. The number of benzene rings is 1. The van der Waals surface area contributed by atoms with Gasteiger partial charge < -0.3 is 5.32 Å². The highest BCUT2D eigenvalue weighted by atomic mass is 19.1. The van der Waals surface area contributed by atoms with Crippen LogP contribution in [-0.4, -0.2) is 6.04 Å². The predicted octanol–water partition coefficient (Wildman–Crippen LogP) is 3.67. The average molecular weight is 195 g/mol. The van der Waals surface area contributed by atoms with E-state index in [1.807, 2.05) is 6.07 Å². The van der Waals surface area contributed by atoms with Crippen LogP contribution >= 0.6 is 0 Å². The molecule has 0 bridgehead atoms. The third-order valence-corrected chi connectivity index (χ3v) is 2.54. The maximum Gasteiger partial charge on any atom is 0.146 e. The number of halogens is 1. The van der Waals surface area contributed by atoms with Crippen molar-refractivity contribution in [2.75, 3.05) is 5.32 Å². The number of rotatable bonds is 2. The predicted molar refractivity (Wildman–Crippen MR) is 58.9 cm³/mol. The van der Waals surface area contributed by atoms with Gasteiger partial charge in [0.2, 0.25) is 0 Å². The van der Waals surface area contributed by atoms with E-state index in [-0.39, 0.29) is 17.3 Å². The Morgan fingerprint density at radius 3 is 2.29 bits per heavy atom. The maximum atomic E-state index is 13.3. The van der Waals surface area contributed by atoms with Gasteiger partial charge in [-0.25, -0.2) is 4.39 Å². The highest BCUT2D eigenvalue weighted by molar-refractivity contribution is 5.45. The lowest BCUT2D eigenvalue weighted by Gasteiger charge is -2.29. The van der Waals surface area contributed by atoms with E-state index in [9.17, 15) is 4.39 Å². The molecule has 1 N–H and O–H groups in total. The largest absolute Gasteiger partial charge is 0.380 e. The Kier molecular flexibility index (Phi) is 3.14. The lowest BCUT2D eigenvalue weighted by atomic mass is 9.88. The van der Waals surface area contributed by atoms with Gasteiger partial charge in [0.15, 0.2) is 0 Å². The van der Waals surface area contributed by atoms with Gasteiger partial charge in [-0.05, 0) is 24.5 Å². The smallest absolute Gasteiger partial charge is 0.146 e. The van der Waals surface area contributed by atoms with Gasteiger partial charge in [-0.15, -0.1) is 0 Å². The van der Waals surface area contributed by atoms with Gasteiger partial charge in [0.05, 0.1) is 5.69 Å². The van der Waals surface area contributed by atoms with Crippen molar-refractivity contribution in [3.8, 4) is 0 Å². The zero-order chi connectivity index (χ0) is 10.8. The first-order valence-corrected chi connectivity index (χ1v) is 4.92. The van der Waals surface area contributed by atoms with Crippen LogP contribution in [0.25, 0.3) is 0 Å². The second-order valence-corrected chi connectivity index (χ2v) is 4.71. The minimum atomic E-state index is -0.191. The highest BCUT2D eigenvalue weighted by Crippen LogP contribution is 2.23. The summed E-state index contributed by atoms with van der Waals surface area (Å²) in [5, 5.41) is 3.18. The Balaban J connectivity index is 2.75. The van der Waals surface area contributed by atoms with Crippen molar-refractivity contribution < 1.29 is 4.39 Å². The molecule has 1 aromatic rings. The standard InChI is InChI=1S/C12H18FN/c1-9(12(2,3)4)14-11-8-6-5-7-10(11)13/h5-9,14H,1-4H3. The van der Waals surface area contributed by atoms with E-state index in [1.165, 1.54) is 6.07 Å². The van der Waals surface area contributed by atoms with Crippen molar-refractivity contribution in [1.82, 2.24) is 0 Å². The second-order valence-electron chi connectivity index (χ2n) is 4.71. The van der Waals surface area contributed by atoms with Crippen LogP contribution in [0.2, 0.25) is 0 Å². The Morgan fingerprint density at radius 2 is 1.79 bits per heavy atom. The average Bonchev–Trinajstić information content (AvgIpc) is 2.07. The molecule has 0 spiro atoms. The SMILES string of the molecule is CC(Nc1ccccc1F)C(C)(C)C. The fourth-order valence-corrected chi connectivity index (χ4v) is 1.03. The van der Waals surface area contributed by atoms with Crippen molar-refractivity contribution in [3.63, 3.8) is 0 Å². The molecule has 1 unspecified atom stereocenters. The third kappa shape index (κ3) is 2.72. The summed E-state index contributed by atoms with van der Waals surface area (Å²) in [6.07, 6.45) is 0. The van der Waals surface area contributed by atoms with Crippen LogP contribution < -0.4 is 5.32 Å². The molecular weight excluding hydrogens is 177 g/mol. The summed E-state index contributed by atoms with van der Waals surface area (Å²) in [6, 6.07) is 7.00. The Hall–Kier alpha value is -1.05. The summed E-state index contributed by atoms with van der Waals surface area (Å²) in [4.78, 5) is 0. The fraction of sp³-hybridized carbons (Fsp3) is 0.500. The van der Waals surface area contributed by atoms with Crippen LogP contribution in [0, 0.1) is 11.2 Å². The number of anilines is 1. The summed E-state index contributed by atoms with van der Waals surface area (Å²) in [6.45, 7) is 8.45. The van der Waals surface area contributed by atoms with E-state index < -0.39 is 0 Å². The maximum absolute atomic E-state index is 13.3. The van der Waals surface area contributed by atoms with Gasteiger partial charge in [-0.3, -0.25) is 0 Å². The van der Waals surface area contributed by atoms with Crippen molar-refractivity contribution in [2.45, 2.75) is 33.7 Å². The summed E-state index contributed by atoms with van der Waals surface area (Å²) < 4.78 is 13.3. The topological polar surface area (TPSA) is 12.0 Å². The fourth-order valence-electron chi connectivity index (χ4n) is 1.03. The molecule has 0 fully saturated rings. The van der Waals surface area contributed by atoms with Crippen molar-refractivity contribution in [2.24, 2.45) is 5.41 Å². The Labute approximate surface area is 85.3 Å². The number of nitrogens with one attached hydrogen (secondary N) is 1. The first-order chi connectivity index (χ1) is 6.41. The highest BCUT2D eigenvalue weighted by Gasteiger charge is 2.20. The van der Waals surface area contributed by atoms with Crippen LogP contribution in [0.3, 0.4) is 0 Å². The van der Waals surface area contributed by atoms with E-state index in [0.29, 0.717) is 5.69 Å². The third-order valence-electron chi connectivity index (χ3n) is 2.54. The summed E-state index contributed by atoms with van der Waals surface area (Å²) >= 11 is 0. The van der Waals surface area contributed by atoms with Gasteiger partial charge in [0.1, 0.15) is 5.82 Å². The zero-order valence-electron chi connectivity index (χ0n) is 9.26. The quantitative estimate of drug-likeness (QED) is 0.759. The van der Waals surface area contributed by atoms with E-state index in [0.717, 1.165) is 0 Å². The lowest BCUT2D eigenvalue weighted by Crippen LogP contribution is -2.31. The Morgan fingerprint density at radius 1 is 1.21 bits per heavy atom. The summed E-state index contributed by atoms with van der Waals surface area (Å²) in [7, 11) is 0. The van der Waals surface area contributed by atoms with Gasteiger partial charge in [-0.1, -0.05) is 32.9 Å². The zero-order valence-corrected chi connectivity index (χ0v) is 9.26. The molecule has 2 heteroatoms. The molecule has 1 aromatic carbocycles. The normalized spacial score (nSPS) is 13.8. The molecule has 0 heterocycles. The molecule has 0 saturated heterocycles. The summed E-state index contributed by atoms with van der Waals surface area (Å²) in [5.74, 6) is -0.191. The molecule has 0 aromatic heterocycles. The van der Waals surface area contributed by atoms with Crippen LogP contribution in [-0.2, 0) is 0 Å². The molecule has 0 aliphatic carbocycles. The van der Waals surface area contributed by atoms with Crippen molar-refractivity contribution in [3.05, 3.63) is 30.1 Å². The van der Waals surface area contributed by atoms with Gasteiger partial charge in [0, 0.05) is 6.04 Å². The first kappa shape index (κ1) is 11.0. The number of hydrogen-bond donors (Lipinski definition) is 1. The van der Waals surface area contributed by atoms with E-state index >= 15 is 0 Å². The van der Waals surface area contributed by atoms with E-state index in [1.54, 1.807) is 12.1 Å². The van der Waals surface area contributed by atoms with Gasteiger partial charge in [-0.2, -0.15) is 0 Å².